The van der Waals surface area contributed by atoms with E-state index < -0.39 is 0 Å². The highest BCUT2D eigenvalue weighted by molar-refractivity contribution is 7.99. The van der Waals surface area contributed by atoms with Crippen LogP contribution in [0.5, 0.6) is 11.5 Å². The Morgan fingerprint density at radius 2 is 1.82 bits per heavy atom. The van der Waals surface area contributed by atoms with E-state index in [-0.39, 0.29) is 18.3 Å². The van der Waals surface area contributed by atoms with E-state index in [0.29, 0.717) is 28.4 Å². The predicted molar refractivity (Wildman–Crippen MR) is 135 cm³/mol. The van der Waals surface area contributed by atoms with Crippen LogP contribution in [0.1, 0.15) is 18.3 Å². The van der Waals surface area contributed by atoms with E-state index in [1.165, 1.54) is 28.7 Å². The van der Waals surface area contributed by atoms with Gasteiger partial charge in [-0.1, -0.05) is 41.6 Å². The number of hydrogen-bond donors (Lipinski definition) is 1. The lowest BCUT2D eigenvalue weighted by Gasteiger charge is -2.09. The number of amides is 1. The van der Waals surface area contributed by atoms with Gasteiger partial charge in [-0.15, -0.1) is 21.5 Å². The van der Waals surface area contributed by atoms with Crippen LogP contribution in [0.4, 0.5) is 5.13 Å². The number of methoxy groups -OCH3 is 1. The number of thiazole rings is 1. The van der Waals surface area contributed by atoms with Crippen molar-refractivity contribution in [1.29, 1.82) is 0 Å². The third-order valence-corrected chi connectivity index (χ3v) is 6.69. The first-order valence-corrected chi connectivity index (χ1v) is 12.6. The molecule has 0 fully saturated rings. The van der Waals surface area contributed by atoms with Gasteiger partial charge in [-0.05, 0) is 38.1 Å². The molecule has 10 heteroatoms. The quantitative estimate of drug-likeness (QED) is 0.308. The van der Waals surface area contributed by atoms with Crippen molar-refractivity contribution >= 4 is 34.1 Å². The van der Waals surface area contributed by atoms with Crippen LogP contribution < -0.4 is 14.8 Å². The van der Waals surface area contributed by atoms with Gasteiger partial charge in [-0.3, -0.25) is 4.79 Å². The van der Waals surface area contributed by atoms with Crippen LogP contribution in [-0.4, -0.2) is 38.5 Å². The first-order chi connectivity index (χ1) is 16.6. The van der Waals surface area contributed by atoms with E-state index in [0.717, 1.165) is 17.0 Å². The third-order valence-electron chi connectivity index (χ3n) is 4.97. The highest BCUT2D eigenvalue weighted by Gasteiger charge is 2.15. The summed E-state index contributed by atoms with van der Waals surface area (Å²) in [6.45, 7) is 5.00. The molecule has 8 nitrogen and oxygen atoms in total. The second kappa shape index (κ2) is 11.2. The van der Waals surface area contributed by atoms with Gasteiger partial charge in [-0.2, -0.15) is 0 Å². The topological polar surface area (TPSA) is 91.2 Å². The van der Waals surface area contributed by atoms with Crippen molar-refractivity contribution in [3.63, 3.8) is 0 Å². The van der Waals surface area contributed by atoms with Gasteiger partial charge in [0.2, 0.25) is 5.91 Å². The number of aromatic nitrogens is 4. The SMILES string of the molecule is CCn1c(COc2ccc(OC)cc2)nnc1SCC(=O)Nc1nc(-c2ccc(C)cc2)cs1. The predicted octanol–water partition coefficient (Wildman–Crippen LogP) is 5.05. The summed E-state index contributed by atoms with van der Waals surface area (Å²) in [5, 5.41) is 14.5. The molecule has 0 atom stereocenters. The fraction of sp³-hybridized carbons (Fsp3) is 0.250. The van der Waals surface area contributed by atoms with Crippen LogP contribution in [0.25, 0.3) is 11.3 Å². The molecule has 0 radical (unpaired) electrons. The van der Waals surface area contributed by atoms with Crippen molar-refractivity contribution < 1.29 is 14.3 Å². The molecule has 2 aromatic heterocycles. The van der Waals surface area contributed by atoms with Crippen molar-refractivity contribution in [3.8, 4) is 22.8 Å². The Labute approximate surface area is 206 Å². The molecule has 0 aliphatic carbocycles. The van der Waals surface area contributed by atoms with E-state index in [1.807, 2.05) is 72.3 Å². The maximum absolute atomic E-state index is 12.5. The highest BCUT2D eigenvalue weighted by atomic mass is 32.2. The molecule has 2 heterocycles. The Morgan fingerprint density at radius 3 is 2.53 bits per heavy atom. The normalized spacial score (nSPS) is 10.8. The minimum Gasteiger partial charge on any atom is -0.497 e. The monoisotopic (exact) mass is 495 g/mol. The Kier molecular flexibility index (Phi) is 7.81. The summed E-state index contributed by atoms with van der Waals surface area (Å²) in [6.07, 6.45) is 0. The maximum atomic E-state index is 12.5. The van der Waals surface area contributed by atoms with Crippen LogP contribution in [0.3, 0.4) is 0 Å². The number of aryl methyl sites for hydroxylation is 1. The second-order valence-corrected chi connectivity index (χ2v) is 9.15. The Morgan fingerprint density at radius 1 is 1.09 bits per heavy atom. The van der Waals surface area contributed by atoms with Crippen LogP contribution in [0.15, 0.2) is 59.1 Å². The zero-order valence-corrected chi connectivity index (χ0v) is 20.8. The van der Waals surface area contributed by atoms with Crippen molar-refractivity contribution in [2.45, 2.75) is 32.2 Å². The summed E-state index contributed by atoms with van der Waals surface area (Å²) in [5.74, 6) is 2.25. The lowest BCUT2D eigenvalue weighted by Crippen LogP contribution is -2.14. The third kappa shape index (κ3) is 5.95. The zero-order valence-electron chi connectivity index (χ0n) is 19.1. The lowest BCUT2D eigenvalue weighted by atomic mass is 10.1. The largest absolute Gasteiger partial charge is 0.497 e. The van der Waals surface area contributed by atoms with Crippen LogP contribution in [-0.2, 0) is 17.9 Å². The number of hydrogen-bond acceptors (Lipinski definition) is 8. The van der Waals surface area contributed by atoms with Gasteiger partial charge in [-0.25, -0.2) is 4.98 Å². The van der Waals surface area contributed by atoms with Crippen molar-refractivity contribution in [2.75, 3.05) is 18.2 Å². The molecule has 0 unspecified atom stereocenters. The minimum atomic E-state index is -0.142. The van der Waals surface area contributed by atoms with Crippen LogP contribution in [0, 0.1) is 6.92 Å². The number of rotatable bonds is 10. The average Bonchev–Trinajstić information content (AvgIpc) is 3.48. The first kappa shape index (κ1) is 23.8. The molecule has 1 N–H and O–H groups in total. The standard InChI is InChI=1S/C24H25N5O3S2/c1-4-29-21(13-32-19-11-9-18(31-3)10-12-19)27-28-24(29)34-15-22(30)26-23-25-20(14-33-23)17-7-5-16(2)6-8-17/h5-12,14H,4,13,15H2,1-3H3,(H,25,26,30). The zero-order chi connectivity index (χ0) is 23.9. The molecular formula is C24H25N5O3S2. The van der Waals surface area contributed by atoms with Gasteiger partial charge >= 0.3 is 0 Å². The second-order valence-electron chi connectivity index (χ2n) is 7.35. The number of thioether (sulfide) groups is 1. The smallest absolute Gasteiger partial charge is 0.236 e. The van der Waals surface area contributed by atoms with Gasteiger partial charge in [0.1, 0.15) is 18.1 Å². The number of nitrogens with zero attached hydrogens (tertiary/aromatic N) is 4. The Balaban J connectivity index is 1.31. The molecule has 0 saturated carbocycles. The fourth-order valence-corrected chi connectivity index (χ4v) is 4.70. The van der Waals surface area contributed by atoms with Crippen molar-refractivity contribution in [1.82, 2.24) is 19.7 Å². The molecule has 0 saturated heterocycles. The molecule has 176 valence electrons. The molecular weight excluding hydrogens is 470 g/mol. The van der Waals surface area contributed by atoms with Gasteiger partial charge in [0.15, 0.2) is 16.1 Å². The summed E-state index contributed by atoms with van der Waals surface area (Å²) < 4.78 is 12.9. The van der Waals surface area contributed by atoms with Crippen LogP contribution in [0.2, 0.25) is 0 Å². The maximum Gasteiger partial charge on any atom is 0.236 e. The average molecular weight is 496 g/mol. The van der Waals surface area contributed by atoms with E-state index in [1.54, 1.807) is 7.11 Å². The molecule has 4 rings (SSSR count). The highest BCUT2D eigenvalue weighted by Crippen LogP contribution is 2.26. The molecule has 0 aliphatic heterocycles. The summed E-state index contributed by atoms with van der Waals surface area (Å²) in [4.78, 5) is 17.0. The first-order valence-electron chi connectivity index (χ1n) is 10.7. The number of ether oxygens (including phenoxy) is 2. The van der Waals surface area contributed by atoms with E-state index >= 15 is 0 Å². The molecule has 0 bridgehead atoms. The van der Waals surface area contributed by atoms with Crippen LogP contribution >= 0.6 is 23.1 Å². The fourth-order valence-electron chi connectivity index (χ4n) is 3.14. The summed E-state index contributed by atoms with van der Waals surface area (Å²) >= 11 is 2.74. The summed E-state index contributed by atoms with van der Waals surface area (Å²) in [7, 11) is 1.62. The molecule has 0 aliphatic rings. The van der Waals surface area contributed by atoms with Crippen molar-refractivity contribution in [3.05, 3.63) is 65.3 Å². The van der Waals surface area contributed by atoms with E-state index in [9.17, 15) is 4.79 Å². The van der Waals surface area contributed by atoms with Crippen molar-refractivity contribution in [2.24, 2.45) is 0 Å². The van der Waals surface area contributed by atoms with E-state index in [2.05, 4.69) is 20.5 Å². The number of anilines is 1. The lowest BCUT2D eigenvalue weighted by molar-refractivity contribution is -0.113. The molecule has 4 aromatic rings. The van der Waals surface area contributed by atoms with Gasteiger partial charge in [0, 0.05) is 17.5 Å². The molecule has 2 aromatic carbocycles. The number of carbonyl (C=O) groups excluding carboxylic acids is 1. The Hall–Kier alpha value is -3.37. The Bertz CT molecular complexity index is 1240. The van der Waals surface area contributed by atoms with E-state index in [4.69, 9.17) is 9.47 Å². The molecule has 34 heavy (non-hydrogen) atoms. The van der Waals surface area contributed by atoms with Gasteiger partial charge < -0.3 is 19.4 Å². The van der Waals surface area contributed by atoms with Gasteiger partial charge in [0.05, 0.1) is 18.6 Å². The summed E-state index contributed by atoms with van der Waals surface area (Å²) in [6, 6.07) is 15.5. The summed E-state index contributed by atoms with van der Waals surface area (Å²) in [5.41, 5.74) is 3.07. The number of nitrogens with one attached hydrogen (secondary N) is 1. The molecule has 1 amide bonds. The van der Waals surface area contributed by atoms with Gasteiger partial charge in [0.25, 0.3) is 0 Å². The molecule has 0 spiro atoms. The number of carbonyl (C=O) groups is 1. The number of benzene rings is 2. The minimum absolute atomic E-state index is 0.142.